The van der Waals surface area contributed by atoms with Crippen LogP contribution in [0.4, 0.5) is 11.5 Å². The molecule has 2 heterocycles. The molecule has 0 fully saturated rings. The standard InChI is InChI=1S/C24H29N3O3S/c1-18-9-10-21-20(15-18)22(25-11-5-2-6-13-28)16-24(26-21)27-12-14-31(29,30)23-8-4-3-7-19(23)17-27/h3-4,7-10,15-16,28H,2,5-6,11-14,17H2,1H3,(H,25,26). The average Bonchev–Trinajstić information content (AvgIpc) is 2.90. The zero-order valence-corrected chi connectivity index (χ0v) is 18.7. The predicted molar refractivity (Wildman–Crippen MR) is 125 cm³/mol. The van der Waals surface area contributed by atoms with E-state index in [1.54, 1.807) is 12.1 Å². The quantitative estimate of drug-likeness (QED) is 0.543. The summed E-state index contributed by atoms with van der Waals surface area (Å²) in [5, 5.41) is 13.6. The molecular weight excluding hydrogens is 410 g/mol. The Balaban J connectivity index is 1.68. The lowest BCUT2D eigenvalue weighted by atomic mass is 10.1. The van der Waals surface area contributed by atoms with E-state index in [0.717, 1.165) is 53.8 Å². The molecule has 7 heteroatoms. The highest BCUT2D eigenvalue weighted by Gasteiger charge is 2.26. The molecule has 6 nitrogen and oxygen atoms in total. The van der Waals surface area contributed by atoms with Crippen molar-refractivity contribution in [2.75, 3.05) is 35.7 Å². The van der Waals surface area contributed by atoms with Crippen LogP contribution in [0.15, 0.2) is 53.4 Å². The first-order valence-electron chi connectivity index (χ1n) is 10.8. The number of aliphatic hydroxyl groups is 1. The molecular formula is C24H29N3O3S. The van der Waals surface area contributed by atoms with Crippen LogP contribution in [-0.2, 0) is 16.4 Å². The Morgan fingerprint density at radius 3 is 2.77 bits per heavy atom. The number of sulfone groups is 1. The molecule has 0 unspecified atom stereocenters. The molecule has 0 amide bonds. The van der Waals surface area contributed by atoms with Crippen molar-refractivity contribution >= 4 is 32.2 Å². The van der Waals surface area contributed by atoms with Crippen LogP contribution in [0.5, 0.6) is 0 Å². The first-order valence-corrected chi connectivity index (χ1v) is 12.4. The van der Waals surface area contributed by atoms with Gasteiger partial charge in [0, 0.05) is 43.4 Å². The number of rotatable bonds is 7. The normalized spacial score (nSPS) is 15.5. The molecule has 0 radical (unpaired) electrons. The minimum Gasteiger partial charge on any atom is -0.396 e. The Labute approximate surface area is 183 Å². The second-order valence-corrected chi connectivity index (χ2v) is 10.2. The highest BCUT2D eigenvalue weighted by atomic mass is 32.2. The summed E-state index contributed by atoms with van der Waals surface area (Å²) in [4.78, 5) is 7.36. The minimum absolute atomic E-state index is 0.0710. The van der Waals surface area contributed by atoms with Crippen molar-refractivity contribution in [3.63, 3.8) is 0 Å². The van der Waals surface area contributed by atoms with Gasteiger partial charge in [-0.05, 0) is 49.9 Å². The summed E-state index contributed by atoms with van der Waals surface area (Å²) in [6, 6.07) is 15.5. The van der Waals surface area contributed by atoms with Crippen molar-refractivity contribution in [2.45, 2.75) is 37.6 Å². The molecule has 0 bridgehead atoms. The number of hydrogen-bond acceptors (Lipinski definition) is 6. The molecule has 4 rings (SSSR count). The average molecular weight is 440 g/mol. The first kappa shape index (κ1) is 21.6. The van der Waals surface area contributed by atoms with Crippen molar-refractivity contribution in [3.05, 3.63) is 59.7 Å². The number of benzene rings is 2. The third-order valence-corrected chi connectivity index (χ3v) is 7.51. The molecule has 3 aromatic rings. The minimum atomic E-state index is -3.31. The first-order chi connectivity index (χ1) is 15.0. The third-order valence-electron chi connectivity index (χ3n) is 5.72. The fourth-order valence-electron chi connectivity index (χ4n) is 4.03. The zero-order chi connectivity index (χ0) is 21.8. The number of nitrogens with zero attached hydrogens (tertiary/aromatic N) is 2. The molecule has 31 heavy (non-hydrogen) atoms. The Hall–Kier alpha value is -2.64. The summed E-state index contributed by atoms with van der Waals surface area (Å²) < 4.78 is 25.5. The van der Waals surface area contributed by atoms with Crippen molar-refractivity contribution < 1.29 is 13.5 Å². The lowest BCUT2D eigenvalue weighted by molar-refractivity contribution is 0.283. The van der Waals surface area contributed by atoms with Gasteiger partial charge < -0.3 is 15.3 Å². The van der Waals surface area contributed by atoms with Crippen molar-refractivity contribution in [1.29, 1.82) is 0 Å². The number of nitrogens with one attached hydrogen (secondary N) is 1. The molecule has 2 aromatic carbocycles. The van der Waals surface area contributed by atoms with Crippen LogP contribution >= 0.6 is 0 Å². The molecule has 1 aliphatic heterocycles. The van der Waals surface area contributed by atoms with E-state index < -0.39 is 9.84 Å². The Kier molecular flexibility index (Phi) is 6.43. The van der Waals surface area contributed by atoms with Gasteiger partial charge in [0.05, 0.1) is 16.2 Å². The van der Waals surface area contributed by atoms with Gasteiger partial charge in [0.25, 0.3) is 0 Å². The summed E-state index contributed by atoms with van der Waals surface area (Å²) in [6.45, 7) is 4.01. The van der Waals surface area contributed by atoms with Gasteiger partial charge in [-0.1, -0.05) is 29.8 Å². The molecule has 164 valence electrons. The number of fused-ring (bicyclic) bond motifs is 2. The van der Waals surface area contributed by atoms with Gasteiger partial charge in [0.15, 0.2) is 9.84 Å². The van der Waals surface area contributed by atoms with Crippen LogP contribution in [0.3, 0.4) is 0 Å². The van der Waals surface area contributed by atoms with E-state index in [4.69, 9.17) is 10.1 Å². The number of aromatic nitrogens is 1. The summed E-state index contributed by atoms with van der Waals surface area (Å²) in [6.07, 6.45) is 2.75. The lowest BCUT2D eigenvalue weighted by Crippen LogP contribution is -2.26. The molecule has 0 saturated carbocycles. The second kappa shape index (κ2) is 9.24. The van der Waals surface area contributed by atoms with E-state index in [0.29, 0.717) is 18.0 Å². The SMILES string of the molecule is Cc1ccc2nc(N3CCS(=O)(=O)c4ccccc4C3)cc(NCCCCCO)c2c1. The number of aryl methyl sites for hydroxylation is 1. The topological polar surface area (TPSA) is 82.5 Å². The Morgan fingerprint density at radius 2 is 1.94 bits per heavy atom. The van der Waals surface area contributed by atoms with Crippen molar-refractivity contribution in [2.24, 2.45) is 0 Å². The van der Waals surface area contributed by atoms with Crippen LogP contribution in [0.25, 0.3) is 10.9 Å². The maximum atomic E-state index is 12.7. The van der Waals surface area contributed by atoms with Gasteiger partial charge in [0.1, 0.15) is 5.82 Å². The van der Waals surface area contributed by atoms with E-state index in [-0.39, 0.29) is 12.4 Å². The van der Waals surface area contributed by atoms with Gasteiger partial charge in [-0.3, -0.25) is 0 Å². The summed E-state index contributed by atoms with van der Waals surface area (Å²) in [7, 11) is -3.31. The summed E-state index contributed by atoms with van der Waals surface area (Å²) in [5.41, 5.74) is 3.87. The molecule has 0 saturated heterocycles. The van der Waals surface area contributed by atoms with Gasteiger partial charge in [-0.25, -0.2) is 13.4 Å². The molecule has 1 aliphatic rings. The lowest BCUT2D eigenvalue weighted by Gasteiger charge is -2.23. The molecule has 2 N–H and O–H groups in total. The Bertz CT molecular complexity index is 1180. The largest absolute Gasteiger partial charge is 0.396 e. The number of pyridine rings is 1. The Morgan fingerprint density at radius 1 is 1.10 bits per heavy atom. The van der Waals surface area contributed by atoms with Crippen molar-refractivity contribution in [1.82, 2.24) is 4.98 Å². The molecule has 1 aromatic heterocycles. The van der Waals surface area contributed by atoms with E-state index >= 15 is 0 Å². The van der Waals surface area contributed by atoms with Gasteiger partial charge in [-0.2, -0.15) is 0 Å². The zero-order valence-electron chi connectivity index (χ0n) is 17.8. The summed E-state index contributed by atoms with van der Waals surface area (Å²) in [5.74, 6) is 0.850. The monoisotopic (exact) mass is 439 g/mol. The fraction of sp³-hybridized carbons (Fsp3) is 0.375. The van der Waals surface area contributed by atoms with Crippen LogP contribution in [0.1, 0.15) is 30.4 Å². The van der Waals surface area contributed by atoms with E-state index in [2.05, 4.69) is 23.2 Å². The van der Waals surface area contributed by atoms with E-state index in [1.165, 1.54) is 5.56 Å². The molecule has 0 atom stereocenters. The summed E-state index contributed by atoms with van der Waals surface area (Å²) >= 11 is 0. The van der Waals surface area contributed by atoms with Crippen LogP contribution in [-0.4, -0.2) is 44.0 Å². The van der Waals surface area contributed by atoms with Gasteiger partial charge in [0.2, 0.25) is 0 Å². The third kappa shape index (κ3) is 4.83. The number of anilines is 2. The molecule has 0 aliphatic carbocycles. The van der Waals surface area contributed by atoms with Crippen LogP contribution in [0.2, 0.25) is 0 Å². The molecule has 0 spiro atoms. The maximum Gasteiger partial charge on any atom is 0.180 e. The highest BCUT2D eigenvalue weighted by molar-refractivity contribution is 7.91. The van der Waals surface area contributed by atoms with Crippen LogP contribution < -0.4 is 10.2 Å². The van der Waals surface area contributed by atoms with Crippen molar-refractivity contribution in [3.8, 4) is 0 Å². The predicted octanol–water partition coefficient (Wildman–Crippen LogP) is 3.91. The van der Waals surface area contributed by atoms with E-state index in [1.807, 2.05) is 30.3 Å². The van der Waals surface area contributed by atoms with E-state index in [9.17, 15) is 8.42 Å². The number of hydrogen-bond donors (Lipinski definition) is 2. The number of aliphatic hydroxyl groups excluding tert-OH is 1. The second-order valence-electron chi connectivity index (χ2n) is 8.11. The van der Waals surface area contributed by atoms with Gasteiger partial charge in [-0.15, -0.1) is 0 Å². The fourth-order valence-corrected chi connectivity index (χ4v) is 5.53. The van der Waals surface area contributed by atoms with Gasteiger partial charge >= 0.3 is 0 Å². The maximum absolute atomic E-state index is 12.7. The smallest absolute Gasteiger partial charge is 0.180 e. The number of unbranched alkanes of at least 4 members (excludes halogenated alkanes) is 2. The highest BCUT2D eigenvalue weighted by Crippen LogP contribution is 2.31. The van der Waals surface area contributed by atoms with Crippen LogP contribution in [0, 0.1) is 6.92 Å².